The summed E-state index contributed by atoms with van der Waals surface area (Å²) in [7, 11) is -3.98. The molecule has 0 bridgehead atoms. The monoisotopic (exact) mass is 492 g/mol. The smallest absolute Gasteiger partial charge is 0.241 e. The Bertz CT molecular complexity index is 1010. The Kier molecular flexibility index (Phi) is 9.59. The molecule has 33 heavy (non-hydrogen) atoms. The van der Waals surface area contributed by atoms with Crippen LogP contribution in [0.5, 0.6) is 5.75 Å². The van der Waals surface area contributed by atoms with Gasteiger partial charge in [-0.05, 0) is 49.9 Å². The molecule has 0 spiro atoms. The van der Waals surface area contributed by atoms with E-state index in [1.807, 2.05) is 37.3 Å². The quantitative estimate of drug-likeness (QED) is 0.523. The van der Waals surface area contributed by atoms with Gasteiger partial charge < -0.3 is 10.1 Å². The molecular weight excluding hydrogens is 460 g/mol. The molecule has 1 amide bonds. The lowest BCUT2D eigenvalue weighted by Gasteiger charge is -2.25. The van der Waals surface area contributed by atoms with Gasteiger partial charge in [-0.25, -0.2) is 8.42 Å². The number of benzene rings is 2. The van der Waals surface area contributed by atoms with E-state index in [2.05, 4.69) is 10.0 Å². The van der Waals surface area contributed by atoms with Crippen LogP contribution in [-0.2, 0) is 21.2 Å². The van der Waals surface area contributed by atoms with Gasteiger partial charge in [0.05, 0.1) is 16.5 Å². The maximum Gasteiger partial charge on any atom is 0.241 e. The van der Waals surface area contributed by atoms with Crippen LogP contribution in [-0.4, -0.2) is 33.0 Å². The van der Waals surface area contributed by atoms with E-state index in [1.54, 1.807) is 0 Å². The third kappa shape index (κ3) is 7.73. The van der Waals surface area contributed by atoms with E-state index >= 15 is 0 Å². The summed E-state index contributed by atoms with van der Waals surface area (Å²) in [4.78, 5) is 13.2. The van der Waals surface area contributed by atoms with Gasteiger partial charge in [0.15, 0.2) is 0 Å². The number of sulfonamides is 1. The summed E-state index contributed by atoms with van der Waals surface area (Å²) in [5.41, 5.74) is 0.878. The largest absolute Gasteiger partial charge is 0.492 e. The van der Waals surface area contributed by atoms with Crippen LogP contribution < -0.4 is 14.8 Å². The zero-order valence-corrected chi connectivity index (χ0v) is 20.6. The number of ether oxygens (including phenoxy) is 1. The number of hydrogen-bond acceptors (Lipinski definition) is 4. The molecule has 1 atom stereocenters. The Balaban J connectivity index is 1.79. The summed E-state index contributed by atoms with van der Waals surface area (Å²) in [6.45, 7) is 2.25. The predicted octanol–water partition coefficient (Wildman–Crippen LogP) is 4.86. The van der Waals surface area contributed by atoms with Crippen LogP contribution in [0.15, 0.2) is 53.4 Å². The molecule has 0 heterocycles. The van der Waals surface area contributed by atoms with Crippen molar-refractivity contribution in [2.24, 2.45) is 0 Å². The predicted molar refractivity (Wildman–Crippen MR) is 131 cm³/mol. The van der Waals surface area contributed by atoms with Crippen LogP contribution in [0, 0.1) is 0 Å². The molecule has 180 valence electrons. The minimum atomic E-state index is -3.98. The molecule has 0 saturated heterocycles. The van der Waals surface area contributed by atoms with Crippen molar-refractivity contribution in [1.29, 1.82) is 0 Å². The molecule has 0 aliphatic heterocycles. The molecule has 2 N–H and O–H groups in total. The maximum atomic E-state index is 13.2. The average Bonchev–Trinajstić information content (AvgIpc) is 2.77. The van der Waals surface area contributed by atoms with Gasteiger partial charge in [0.1, 0.15) is 11.8 Å². The Morgan fingerprint density at radius 2 is 1.73 bits per heavy atom. The number of hydrogen-bond donors (Lipinski definition) is 2. The van der Waals surface area contributed by atoms with Gasteiger partial charge >= 0.3 is 0 Å². The van der Waals surface area contributed by atoms with Crippen LogP contribution in [0.1, 0.15) is 57.4 Å². The number of nitrogens with one attached hydrogen (secondary N) is 2. The van der Waals surface area contributed by atoms with Crippen molar-refractivity contribution in [3.05, 3.63) is 59.1 Å². The fourth-order valence-corrected chi connectivity index (χ4v) is 5.64. The molecule has 1 aliphatic rings. The third-order valence-corrected chi connectivity index (χ3v) is 7.63. The summed E-state index contributed by atoms with van der Waals surface area (Å²) in [5, 5.41) is 3.31. The van der Waals surface area contributed by atoms with Gasteiger partial charge in [0.2, 0.25) is 15.9 Å². The molecule has 0 radical (unpaired) electrons. The number of carbonyl (C=O) groups is 1. The molecule has 6 nitrogen and oxygen atoms in total. The van der Waals surface area contributed by atoms with Gasteiger partial charge in [0.25, 0.3) is 0 Å². The van der Waals surface area contributed by atoms with E-state index in [0.717, 1.165) is 31.2 Å². The number of amides is 1. The lowest BCUT2D eigenvalue weighted by atomic mass is 9.96. The van der Waals surface area contributed by atoms with Crippen LogP contribution in [0.3, 0.4) is 0 Å². The molecule has 2 aromatic rings. The topological polar surface area (TPSA) is 84.5 Å². The maximum absolute atomic E-state index is 13.2. The van der Waals surface area contributed by atoms with Crippen molar-refractivity contribution < 1.29 is 17.9 Å². The minimum Gasteiger partial charge on any atom is -0.492 e. The average molecular weight is 493 g/mol. The first-order chi connectivity index (χ1) is 15.9. The second-order valence-corrected chi connectivity index (χ2v) is 10.6. The Morgan fingerprint density at radius 3 is 2.36 bits per heavy atom. The second-order valence-electron chi connectivity index (χ2n) is 8.44. The highest BCUT2D eigenvalue weighted by atomic mass is 35.5. The molecule has 0 aromatic heterocycles. The Labute approximate surface area is 202 Å². The van der Waals surface area contributed by atoms with Gasteiger partial charge in [-0.15, -0.1) is 0 Å². The van der Waals surface area contributed by atoms with Crippen molar-refractivity contribution in [3.63, 3.8) is 0 Å². The standard InChI is InChI=1S/C25H33ClN2O4S/c1-2-32-24-16-15-21(18-22(24)26)33(30,31)28-23(17-19-11-7-6-8-12-19)25(29)27-20-13-9-4-3-5-10-14-20/h6-8,11-12,15-16,18,20,23,28H,2-5,9-10,13-14,17H2,1H3,(H,27,29)/t23-/m1/s1. The molecular formula is C25H33ClN2O4S. The van der Waals surface area contributed by atoms with Crippen LogP contribution in [0.2, 0.25) is 5.02 Å². The summed E-state index contributed by atoms with van der Waals surface area (Å²) in [6.07, 6.45) is 7.83. The van der Waals surface area contributed by atoms with E-state index in [1.165, 1.54) is 37.5 Å². The Hall–Kier alpha value is -2.09. The first-order valence-electron chi connectivity index (χ1n) is 11.7. The van der Waals surface area contributed by atoms with Crippen molar-refractivity contribution >= 4 is 27.5 Å². The van der Waals surface area contributed by atoms with Gasteiger partial charge in [-0.1, -0.05) is 74.0 Å². The zero-order valence-electron chi connectivity index (χ0n) is 19.1. The zero-order chi connectivity index (χ0) is 23.7. The third-order valence-electron chi connectivity index (χ3n) is 5.86. The van der Waals surface area contributed by atoms with Crippen LogP contribution in [0.25, 0.3) is 0 Å². The first kappa shape index (κ1) is 25.5. The van der Waals surface area contributed by atoms with E-state index in [-0.39, 0.29) is 28.3 Å². The minimum absolute atomic E-state index is 0.00670. The summed E-state index contributed by atoms with van der Waals surface area (Å²) in [6, 6.07) is 12.9. The van der Waals surface area contributed by atoms with Crippen molar-refractivity contribution in [1.82, 2.24) is 10.0 Å². The molecule has 1 fully saturated rings. The van der Waals surface area contributed by atoms with Crippen LogP contribution >= 0.6 is 11.6 Å². The van der Waals surface area contributed by atoms with Crippen LogP contribution in [0.4, 0.5) is 0 Å². The molecule has 0 unspecified atom stereocenters. The summed E-state index contributed by atoms with van der Waals surface area (Å²) in [5.74, 6) is 0.117. The highest BCUT2D eigenvalue weighted by Gasteiger charge is 2.28. The lowest BCUT2D eigenvalue weighted by molar-refractivity contribution is -0.123. The summed E-state index contributed by atoms with van der Waals surface area (Å²) >= 11 is 6.20. The number of halogens is 1. The number of carbonyl (C=O) groups excluding carboxylic acids is 1. The fourth-order valence-electron chi connectivity index (χ4n) is 4.12. The van der Waals surface area contributed by atoms with Gasteiger partial charge in [0, 0.05) is 6.04 Å². The van der Waals surface area contributed by atoms with Crippen molar-refractivity contribution in [2.45, 2.75) is 75.3 Å². The number of rotatable bonds is 9. The second kappa shape index (κ2) is 12.4. The molecule has 8 heteroatoms. The lowest BCUT2D eigenvalue weighted by Crippen LogP contribution is -2.50. The van der Waals surface area contributed by atoms with Gasteiger partial charge in [-0.2, -0.15) is 4.72 Å². The molecule has 3 rings (SSSR count). The first-order valence-corrected chi connectivity index (χ1v) is 13.5. The highest BCUT2D eigenvalue weighted by Crippen LogP contribution is 2.27. The molecule has 1 saturated carbocycles. The van der Waals surface area contributed by atoms with E-state index in [0.29, 0.717) is 12.4 Å². The van der Waals surface area contributed by atoms with E-state index in [4.69, 9.17) is 16.3 Å². The van der Waals surface area contributed by atoms with Gasteiger partial charge in [-0.3, -0.25) is 4.79 Å². The summed E-state index contributed by atoms with van der Waals surface area (Å²) < 4.78 is 34.3. The normalized spacial score (nSPS) is 16.4. The highest BCUT2D eigenvalue weighted by molar-refractivity contribution is 7.89. The molecule has 2 aromatic carbocycles. The SMILES string of the molecule is CCOc1ccc(S(=O)(=O)N[C@H](Cc2ccccc2)C(=O)NC2CCCCCCC2)cc1Cl. The van der Waals surface area contributed by atoms with Crippen molar-refractivity contribution in [2.75, 3.05) is 6.61 Å². The fraction of sp³-hybridized carbons (Fsp3) is 0.480. The Morgan fingerprint density at radius 1 is 1.06 bits per heavy atom. The molecule has 1 aliphatic carbocycles. The van der Waals surface area contributed by atoms with E-state index < -0.39 is 16.1 Å². The van der Waals surface area contributed by atoms with Crippen molar-refractivity contribution in [3.8, 4) is 5.75 Å². The van der Waals surface area contributed by atoms with E-state index in [9.17, 15) is 13.2 Å².